The number of nitrogens with one attached hydrogen (secondary N) is 2. The van der Waals surface area contributed by atoms with Gasteiger partial charge in [-0.25, -0.2) is 8.42 Å². The maximum atomic E-state index is 11.7. The molecule has 0 aliphatic heterocycles. The summed E-state index contributed by atoms with van der Waals surface area (Å²) in [5.41, 5.74) is 0.407. The molecule has 0 saturated heterocycles. The molecule has 5 nitrogen and oxygen atoms in total. The second-order valence-corrected chi connectivity index (χ2v) is 9.17. The van der Waals surface area contributed by atoms with E-state index in [0.29, 0.717) is 17.9 Å². The maximum absolute atomic E-state index is 11.7. The van der Waals surface area contributed by atoms with Gasteiger partial charge in [-0.2, -0.15) is 0 Å². The van der Waals surface area contributed by atoms with Crippen LogP contribution in [0, 0.1) is 5.41 Å². The molecule has 0 radical (unpaired) electrons. The molecule has 126 valence electrons. The van der Waals surface area contributed by atoms with Crippen LogP contribution in [0.15, 0.2) is 4.99 Å². The molecule has 1 aliphatic rings. The van der Waals surface area contributed by atoms with Crippen molar-refractivity contribution < 1.29 is 8.42 Å². The van der Waals surface area contributed by atoms with Crippen LogP contribution in [0.2, 0.25) is 0 Å². The number of guanidine groups is 1. The van der Waals surface area contributed by atoms with Gasteiger partial charge in [-0.3, -0.25) is 4.99 Å². The summed E-state index contributed by atoms with van der Waals surface area (Å²) < 4.78 is 22.5. The maximum Gasteiger partial charge on any atom is 0.191 e. The lowest BCUT2D eigenvalue weighted by molar-refractivity contribution is 0.131. The summed E-state index contributed by atoms with van der Waals surface area (Å²) in [6.45, 7) is 6.93. The van der Waals surface area contributed by atoms with Crippen molar-refractivity contribution in [3.63, 3.8) is 0 Å². The van der Waals surface area contributed by atoms with E-state index in [1.54, 1.807) is 20.9 Å². The minimum absolute atomic E-state index is 0. The molecule has 0 bridgehead atoms. The molecule has 0 aromatic heterocycles. The largest absolute Gasteiger partial charge is 0.356 e. The van der Waals surface area contributed by atoms with E-state index in [9.17, 15) is 8.42 Å². The van der Waals surface area contributed by atoms with Gasteiger partial charge in [-0.15, -0.1) is 24.0 Å². The van der Waals surface area contributed by atoms with E-state index < -0.39 is 14.6 Å². The third-order valence-electron chi connectivity index (χ3n) is 4.70. The second-order valence-electron chi connectivity index (χ2n) is 6.52. The summed E-state index contributed by atoms with van der Waals surface area (Å²) in [6, 6.07) is 0. The smallest absolute Gasteiger partial charge is 0.191 e. The highest BCUT2D eigenvalue weighted by Gasteiger charge is 2.35. The molecule has 7 heteroatoms. The van der Waals surface area contributed by atoms with Crippen LogP contribution in [0.1, 0.15) is 46.5 Å². The van der Waals surface area contributed by atoms with Crippen molar-refractivity contribution in [1.82, 2.24) is 10.6 Å². The van der Waals surface area contributed by atoms with Crippen LogP contribution in [0.5, 0.6) is 0 Å². The van der Waals surface area contributed by atoms with E-state index in [4.69, 9.17) is 0 Å². The van der Waals surface area contributed by atoms with Gasteiger partial charge in [0, 0.05) is 26.4 Å². The topological polar surface area (TPSA) is 70.6 Å². The lowest BCUT2D eigenvalue weighted by Gasteiger charge is -2.41. The number of sulfone groups is 1. The van der Waals surface area contributed by atoms with Crippen molar-refractivity contribution in [2.24, 2.45) is 10.4 Å². The van der Waals surface area contributed by atoms with E-state index in [1.807, 2.05) is 0 Å². The molecule has 21 heavy (non-hydrogen) atoms. The van der Waals surface area contributed by atoms with Crippen LogP contribution in [-0.2, 0) is 9.84 Å². The molecule has 0 atom stereocenters. The molecule has 0 aromatic rings. The first-order valence-corrected chi connectivity index (χ1v) is 9.19. The molecule has 0 heterocycles. The van der Waals surface area contributed by atoms with Gasteiger partial charge < -0.3 is 10.6 Å². The molecule has 0 unspecified atom stereocenters. The van der Waals surface area contributed by atoms with Crippen molar-refractivity contribution in [2.75, 3.05) is 26.4 Å². The second kappa shape index (κ2) is 7.99. The van der Waals surface area contributed by atoms with E-state index in [1.165, 1.54) is 31.9 Å². The summed E-state index contributed by atoms with van der Waals surface area (Å²) in [6.07, 6.45) is 6.28. The Morgan fingerprint density at radius 1 is 1.29 bits per heavy atom. The highest BCUT2D eigenvalue weighted by molar-refractivity contribution is 14.0. The Morgan fingerprint density at radius 3 is 2.19 bits per heavy atom. The predicted octanol–water partition coefficient (Wildman–Crippen LogP) is 2.17. The van der Waals surface area contributed by atoms with Crippen LogP contribution in [-0.4, -0.2) is 45.5 Å². The summed E-state index contributed by atoms with van der Waals surface area (Å²) in [4.78, 5) is 4.17. The van der Waals surface area contributed by atoms with Gasteiger partial charge in [0.2, 0.25) is 0 Å². The van der Waals surface area contributed by atoms with Crippen LogP contribution in [0.4, 0.5) is 0 Å². The van der Waals surface area contributed by atoms with Gasteiger partial charge in [-0.05, 0) is 38.5 Å². The molecule has 1 saturated carbocycles. The number of nitrogens with zero attached hydrogens (tertiary/aromatic N) is 1. The fourth-order valence-corrected chi connectivity index (χ4v) is 2.59. The Kier molecular flexibility index (Phi) is 7.97. The number of aliphatic imine (C=N–C) groups is 1. The molecule has 0 spiro atoms. The molecule has 1 rings (SSSR count). The van der Waals surface area contributed by atoms with Crippen molar-refractivity contribution in [3.8, 4) is 0 Å². The lowest BCUT2D eigenvalue weighted by Crippen LogP contribution is -2.50. The highest BCUT2D eigenvalue weighted by Crippen LogP contribution is 2.42. The summed E-state index contributed by atoms with van der Waals surface area (Å²) in [7, 11) is -1.38. The van der Waals surface area contributed by atoms with Crippen molar-refractivity contribution >= 4 is 39.8 Å². The monoisotopic (exact) mass is 431 g/mol. The number of hydrogen-bond donors (Lipinski definition) is 2. The Balaban J connectivity index is 0.00000400. The summed E-state index contributed by atoms with van der Waals surface area (Å²) in [5, 5.41) is 6.45. The fraction of sp³-hybridized carbons (Fsp3) is 0.929. The first kappa shape index (κ1) is 20.9. The van der Waals surface area contributed by atoms with E-state index in [-0.39, 0.29) is 24.0 Å². The van der Waals surface area contributed by atoms with E-state index in [2.05, 4.69) is 22.5 Å². The van der Waals surface area contributed by atoms with Gasteiger partial charge >= 0.3 is 0 Å². The highest BCUT2D eigenvalue weighted by atomic mass is 127. The third-order valence-corrected chi connectivity index (χ3v) is 6.86. The average molecular weight is 431 g/mol. The van der Waals surface area contributed by atoms with Gasteiger partial charge in [0.05, 0.1) is 4.75 Å². The summed E-state index contributed by atoms with van der Waals surface area (Å²) in [5.74, 6) is 0.682. The van der Waals surface area contributed by atoms with Crippen molar-refractivity contribution in [3.05, 3.63) is 0 Å². The molecular weight excluding hydrogens is 401 g/mol. The quantitative estimate of drug-likeness (QED) is 0.384. The van der Waals surface area contributed by atoms with E-state index in [0.717, 1.165) is 6.54 Å². The van der Waals surface area contributed by atoms with Crippen LogP contribution >= 0.6 is 24.0 Å². The van der Waals surface area contributed by atoms with Gasteiger partial charge in [0.1, 0.15) is 0 Å². The van der Waals surface area contributed by atoms with Crippen LogP contribution < -0.4 is 10.6 Å². The minimum Gasteiger partial charge on any atom is -0.356 e. The zero-order valence-corrected chi connectivity index (χ0v) is 17.0. The zero-order chi connectivity index (χ0) is 15.4. The van der Waals surface area contributed by atoms with Crippen LogP contribution in [0.3, 0.4) is 0 Å². The molecular formula is C14H30IN3O2S. The zero-order valence-electron chi connectivity index (χ0n) is 13.8. The van der Waals surface area contributed by atoms with Crippen molar-refractivity contribution in [2.45, 2.75) is 51.2 Å². The minimum atomic E-state index is -3.09. The van der Waals surface area contributed by atoms with Gasteiger partial charge in [0.15, 0.2) is 15.8 Å². The Hall–Kier alpha value is -0.0500. The molecule has 1 aliphatic carbocycles. The Labute approximate surface area is 146 Å². The van der Waals surface area contributed by atoms with Crippen molar-refractivity contribution in [1.29, 1.82) is 0 Å². The lowest BCUT2D eigenvalue weighted by atomic mass is 9.67. The average Bonchev–Trinajstić information content (AvgIpc) is 2.30. The van der Waals surface area contributed by atoms with E-state index >= 15 is 0 Å². The molecule has 1 fully saturated rings. The Bertz CT molecular complexity index is 451. The fourth-order valence-electron chi connectivity index (χ4n) is 2.25. The van der Waals surface area contributed by atoms with Crippen LogP contribution in [0.25, 0.3) is 0 Å². The van der Waals surface area contributed by atoms with Gasteiger partial charge in [-0.1, -0.05) is 13.3 Å². The third kappa shape index (κ3) is 5.58. The SMILES string of the molecule is CCC1(CNC(=NC)NCC(C)(C)S(C)(=O)=O)CCC1.I. The first-order chi connectivity index (χ1) is 9.16. The molecule has 0 aromatic carbocycles. The normalized spacial score (nSPS) is 18.4. The molecule has 2 N–H and O–H groups in total. The predicted molar refractivity (Wildman–Crippen MR) is 100 cm³/mol. The molecule has 0 amide bonds. The van der Waals surface area contributed by atoms with Gasteiger partial charge in [0.25, 0.3) is 0 Å². The number of hydrogen-bond acceptors (Lipinski definition) is 3. The first-order valence-electron chi connectivity index (χ1n) is 7.30. The standard InChI is InChI=1S/C14H29N3O2S.HI/c1-6-14(8-7-9-14)11-17-12(15-4)16-10-13(2,3)20(5,18)19;/h6-11H2,1-5H3,(H2,15,16,17);1H. The summed E-state index contributed by atoms with van der Waals surface area (Å²) >= 11 is 0. The Morgan fingerprint density at radius 2 is 1.86 bits per heavy atom. The number of rotatable bonds is 6. The number of halogens is 1.